The zero-order valence-electron chi connectivity index (χ0n) is 17.8. The van der Waals surface area contributed by atoms with Crippen molar-refractivity contribution in [3.8, 4) is 22.8 Å². The van der Waals surface area contributed by atoms with Crippen molar-refractivity contribution < 1.29 is 23.1 Å². The molecule has 2 aromatic carbocycles. The van der Waals surface area contributed by atoms with Gasteiger partial charge in [-0.15, -0.1) is 0 Å². The van der Waals surface area contributed by atoms with E-state index >= 15 is 0 Å². The van der Waals surface area contributed by atoms with Crippen molar-refractivity contribution in [3.05, 3.63) is 71.7 Å². The summed E-state index contributed by atoms with van der Waals surface area (Å²) in [7, 11) is 0. The van der Waals surface area contributed by atoms with Crippen LogP contribution in [0.15, 0.2) is 59.0 Å². The SMILES string of the molecule is O=C(CCc1ccc(-c2ccccc2F)o1)N1CCN(Cc2ccc3c(c2)OCO3)CC1. The molecule has 2 aliphatic rings. The average molecular weight is 436 g/mol. The van der Waals surface area contributed by atoms with E-state index in [1.54, 1.807) is 24.3 Å². The predicted molar refractivity (Wildman–Crippen MR) is 117 cm³/mol. The maximum absolute atomic E-state index is 13.9. The second-order valence-electron chi connectivity index (χ2n) is 8.09. The molecule has 5 rings (SSSR count). The van der Waals surface area contributed by atoms with Gasteiger partial charge in [0.1, 0.15) is 17.3 Å². The summed E-state index contributed by atoms with van der Waals surface area (Å²) in [6.07, 6.45) is 0.886. The highest BCUT2D eigenvalue weighted by atomic mass is 19.1. The van der Waals surface area contributed by atoms with Gasteiger partial charge in [-0.05, 0) is 42.0 Å². The Morgan fingerprint density at radius 2 is 1.75 bits per heavy atom. The van der Waals surface area contributed by atoms with Gasteiger partial charge in [0, 0.05) is 45.6 Å². The Bertz CT molecular complexity index is 1100. The van der Waals surface area contributed by atoms with Crippen LogP contribution in [0.5, 0.6) is 11.5 Å². The lowest BCUT2D eigenvalue weighted by atomic mass is 10.1. The highest BCUT2D eigenvalue weighted by Crippen LogP contribution is 2.33. The highest BCUT2D eigenvalue weighted by Gasteiger charge is 2.22. The largest absolute Gasteiger partial charge is 0.461 e. The van der Waals surface area contributed by atoms with Gasteiger partial charge < -0.3 is 18.8 Å². The Morgan fingerprint density at radius 1 is 0.938 bits per heavy atom. The number of aryl methyl sites for hydroxylation is 1. The number of carbonyl (C=O) groups excluding carboxylic acids is 1. The number of amides is 1. The van der Waals surface area contributed by atoms with E-state index in [1.807, 2.05) is 23.1 Å². The number of piperazine rings is 1. The van der Waals surface area contributed by atoms with E-state index in [4.69, 9.17) is 13.9 Å². The van der Waals surface area contributed by atoms with Gasteiger partial charge in [-0.2, -0.15) is 0 Å². The number of ether oxygens (including phenoxy) is 2. The van der Waals surface area contributed by atoms with Crippen LogP contribution < -0.4 is 9.47 Å². The van der Waals surface area contributed by atoms with Crippen LogP contribution >= 0.6 is 0 Å². The molecular weight excluding hydrogens is 411 g/mol. The van der Waals surface area contributed by atoms with Crippen molar-refractivity contribution in [1.82, 2.24) is 9.80 Å². The molecular formula is C25H25FN2O4. The van der Waals surface area contributed by atoms with Crippen LogP contribution in [0.3, 0.4) is 0 Å². The molecule has 0 spiro atoms. The molecule has 0 unspecified atom stereocenters. The van der Waals surface area contributed by atoms with Gasteiger partial charge in [0.15, 0.2) is 11.5 Å². The van der Waals surface area contributed by atoms with Crippen molar-refractivity contribution in [2.45, 2.75) is 19.4 Å². The molecule has 1 amide bonds. The third kappa shape index (κ3) is 4.48. The fourth-order valence-electron chi connectivity index (χ4n) is 4.16. The first-order valence-electron chi connectivity index (χ1n) is 10.9. The van der Waals surface area contributed by atoms with Crippen molar-refractivity contribution in [2.24, 2.45) is 0 Å². The fourth-order valence-corrected chi connectivity index (χ4v) is 4.16. The van der Waals surface area contributed by atoms with Crippen LogP contribution in [0.2, 0.25) is 0 Å². The van der Waals surface area contributed by atoms with Gasteiger partial charge in [0.05, 0.1) is 5.56 Å². The Hall–Kier alpha value is -3.32. The molecule has 3 aromatic rings. The van der Waals surface area contributed by atoms with E-state index < -0.39 is 0 Å². The molecule has 0 N–H and O–H groups in total. The monoisotopic (exact) mass is 436 g/mol. The molecule has 32 heavy (non-hydrogen) atoms. The minimum Gasteiger partial charge on any atom is -0.461 e. The number of furan rings is 1. The van der Waals surface area contributed by atoms with Crippen LogP contribution in [0, 0.1) is 5.82 Å². The van der Waals surface area contributed by atoms with Crippen molar-refractivity contribution >= 4 is 5.91 Å². The number of nitrogens with zero attached hydrogens (tertiary/aromatic N) is 2. The Morgan fingerprint density at radius 3 is 2.59 bits per heavy atom. The normalized spacial score (nSPS) is 15.8. The van der Waals surface area contributed by atoms with Gasteiger partial charge >= 0.3 is 0 Å². The zero-order valence-corrected chi connectivity index (χ0v) is 17.8. The second-order valence-corrected chi connectivity index (χ2v) is 8.09. The lowest BCUT2D eigenvalue weighted by Gasteiger charge is -2.34. The zero-order chi connectivity index (χ0) is 21.9. The van der Waals surface area contributed by atoms with E-state index in [0.29, 0.717) is 43.0 Å². The van der Waals surface area contributed by atoms with Gasteiger partial charge in [0.25, 0.3) is 0 Å². The molecule has 0 atom stereocenters. The van der Waals surface area contributed by atoms with Crippen molar-refractivity contribution in [1.29, 1.82) is 0 Å². The third-order valence-corrected chi connectivity index (χ3v) is 5.95. The summed E-state index contributed by atoms with van der Waals surface area (Å²) in [6.45, 7) is 4.19. The summed E-state index contributed by atoms with van der Waals surface area (Å²) in [5, 5.41) is 0. The van der Waals surface area contributed by atoms with E-state index in [1.165, 1.54) is 11.6 Å². The third-order valence-electron chi connectivity index (χ3n) is 5.95. The molecule has 0 saturated carbocycles. The number of hydrogen-bond donors (Lipinski definition) is 0. The van der Waals surface area contributed by atoms with E-state index in [2.05, 4.69) is 11.0 Å². The van der Waals surface area contributed by atoms with E-state index in [0.717, 1.165) is 31.1 Å². The number of carbonyl (C=O) groups is 1. The molecule has 1 fully saturated rings. The topological polar surface area (TPSA) is 55.2 Å². The van der Waals surface area contributed by atoms with Gasteiger partial charge in [-0.1, -0.05) is 18.2 Å². The fraction of sp³-hybridized carbons (Fsp3) is 0.320. The summed E-state index contributed by atoms with van der Waals surface area (Å²) >= 11 is 0. The van der Waals surface area contributed by atoms with Gasteiger partial charge in [-0.3, -0.25) is 9.69 Å². The van der Waals surface area contributed by atoms with Gasteiger partial charge in [-0.25, -0.2) is 4.39 Å². The molecule has 1 aromatic heterocycles. The number of rotatable bonds is 6. The van der Waals surface area contributed by atoms with Crippen molar-refractivity contribution in [3.63, 3.8) is 0 Å². The summed E-state index contributed by atoms with van der Waals surface area (Å²) in [4.78, 5) is 16.9. The summed E-state index contributed by atoms with van der Waals surface area (Å²) in [5.74, 6) is 2.58. The Balaban J connectivity index is 1.09. The Labute approximate surface area is 186 Å². The first-order chi connectivity index (χ1) is 15.7. The molecule has 0 radical (unpaired) electrons. The Kier molecular flexibility index (Phi) is 5.81. The maximum Gasteiger partial charge on any atom is 0.231 e. The standard InChI is InChI=1S/C25H25FN2O4/c26-21-4-2-1-3-20(21)22-9-6-19(32-22)7-10-25(29)28-13-11-27(12-14-28)16-18-5-8-23-24(15-18)31-17-30-23/h1-6,8-9,15H,7,10-14,16-17H2. The number of halogens is 1. The molecule has 3 heterocycles. The number of fused-ring (bicyclic) bond motifs is 1. The molecule has 7 heteroatoms. The number of hydrogen-bond acceptors (Lipinski definition) is 5. The van der Waals surface area contributed by atoms with E-state index in [9.17, 15) is 9.18 Å². The molecule has 6 nitrogen and oxygen atoms in total. The minimum absolute atomic E-state index is 0.122. The smallest absolute Gasteiger partial charge is 0.231 e. The first-order valence-corrected chi connectivity index (χ1v) is 10.9. The molecule has 2 aliphatic heterocycles. The second kappa shape index (κ2) is 9.04. The van der Waals surface area contributed by atoms with Crippen LogP contribution in [-0.2, 0) is 17.8 Å². The molecule has 0 bridgehead atoms. The van der Waals surface area contributed by atoms with Crippen LogP contribution in [-0.4, -0.2) is 48.7 Å². The molecule has 1 saturated heterocycles. The van der Waals surface area contributed by atoms with Crippen LogP contribution in [0.4, 0.5) is 4.39 Å². The quantitative estimate of drug-likeness (QED) is 0.583. The maximum atomic E-state index is 13.9. The summed E-state index contributed by atoms with van der Waals surface area (Å²) < 4.78 is 30.5. The molecule has 0 aliphatic carbocycles. The van der Waals surface area contributed by atoms with Crippen molar-refractivity contribution in [2.75, 3.05) is 33.0 Å². The minimum atomic E-state index is -0.317. The van der Waals surface area contributed by atoms with Crippen LogP contribution in [0.25, 0.3) is 11.3 Å². The van der Waals surface area contributed by atoms with Crippen LogP contribution in [0.1, 0.15) is 17.7 Å². The lowest BCUT2D eigenvalue weighted by Crippen LogP contribution is -2.48. The highest BCUT2D eigenvalue weighted by molar-refractivity contribution is 5.76. The predicted octanol–water partition coefficient (Wildman–Crippen LogP) is 4.09. The van der Waals surface area contributed by atoms with Gasteiger partial charge in [0.2, 0.25) is 12.7 Å². The van der Waals surface area contributed by atoms with E-state index in [-0.39, 0.29) is 18.5 Å². The first kappa shape index (κ1) is 20.6. The average Bonchev–Trinajstić information content (AvgIpc) is 3.47. The molecule has 166 valence electrons. The summed E-state index contributed by atoms with van der Waals surface area (Å²) in [6, 6.07) is 16.1. The number of benzene rings is 2. The summed E-state index contributed by atoms with van der Waals surface area (Å²) in [5.41, 5.74) is 1.61. The lowest BCUT2D eigenvalue weighted by molar-refractivity contribution is -0.133.